The molecule has 0 aliphatic heterocycles. The van der Waals surface area contributed by atoms with Crippen molar-refractivity contribution < 1.29 is 9.84 Å². The molecule has 0 heterocycles. The second kappa shape index (κ2) is 5.22. The van der Waals surface area contributed by atoms with Crippen molar-refractivity contribution in [2.24, 2.45) is 11.8 Å². The Hall–Kier alpha value is -0.580. The van der Waals surface area contributed by atoms with Crippen LogP contribution in [0.4, 0.5) is 0 Å². The Morgan fingerprint density at radius 2 is 2.00 bits per heavy atom. The average Bonchev–Trinajstić information content (AvgIpc) is 2.43. The van der Waals surface area contributed by atoms with Gasteiger partial charge in [-0.2, -0.15) is 0 Å². The van der Waals surface area contributed by atoms with Gasteiger partial charge in [-0.3, -0.25) is 0 Å². The highest BCUT2D eigenvalue weighted by molar-refractivity contribution is 9.10. The minimum Gasteiger partial charge on any atom is -0.496 e. The minimum absolute atomic E-state index is 0.131. The molecule has 0 spiro atoms. The lowest BCUT2D eigenvalue weighted by atomic mass is 9.51. The van der Waals surface area contributed by atoms with Gasteiger partial charge in [-0.1, -0.05) is 15.9 Å². The van der Waals surface area contributed by atoms with Crippen LogP contribution in [0.1, 0.15) is 44.1 Å². The third-order valence-electron chi connectivity index (χ3n) is 5.93. The topological polar surface area (TPSA) is 41.5 Å². The van der Waals surface area contributed by atoms with Gasteiger partial charge in [0.15, 0.2) is 0 Å². The molecule has 5 rings (SSSR count). The van der Waals surface area contributed by atoms with Crippen molar-refractivity contribution >= 4 is 15.9 Å². The monoisotopic (exact) mass is 365 g/mol. The minimum atomic E-state index is -0.404. The Kier molecular flexibility index (Phi) is 3.55. The Morgan fingerprint density at radius 3 is 2.64 bits per heavy atom. The van der Waals surface area contributed by atoms with Gasteiger partial charge in [0.05, 0.1) is 12.7 Å². The third kappa shape index (κ3) is 2.59. The smallest absolute Gasteiger partial charge is 0.123 e. The first-order valence-electron chi connectivity index (χ1n) is 8.29. The highest BCUT2D eigenvalue weighted by atomic mass is 79.9. The first-order chi connectivity index (χ1) is 10.5. The van der Waals surface area contributed by atoms with E-state index in [1.165, 1.54) is 24.8 Å². The van der Waals surface area contributed by atoms with Crippen LogP contribution < -0.4 is 10.1 Å². The standard InChI is InChI=1S/C18H24BrNO2/c1-22-16-3-2-15(19)5-14(16)10-20-17-6-12-4-13(7-17)9-18(21,8-12)11-17/h2-3,5,12-13,20-21H,4,6-11H2,1H3. The fraction of sp³-hybridized carbons (Fsp3) is 0.667. The number of hydrogen-bond acceptors (Lipinski definition) is 3. The molecule has 0 saturated heterocycles. The molecule has 22 heavy (non-hydrogen) atoms. The highest BCUT2D eigenvalue weighted by Crippen LogP contribution is 2.57. The molecule has 4 aliphatic rings. The van der Waals surface area contributed by atoms with Gasteiger partial charge >= 0.3 is 0 Å². The molecule has 1 aromatic carbocycles. The van der Waals surface area contributed by atoms with Crippen molar-refractivity contribution in [3.05, 3.63) is 28.2 Å². The Morgan fingerprint density at radius 1 is 1.27 bits per heavy atom. The van der Waals surface area contributed by atoms with Crippen LogP contribution in [0.25, 0.3) is 0 Å². The summed E-state index contributed by atoms with van der Waals surface area (Å²) in [6, 6.07) is 6.14. The van der Waals surface area contributed by atoms with E-state index in [9.17, 15) is 5.11 Å². The first kappa shape index (κ1) is 15.0. The third-order valence-corrected chi connectivity index (χ3v) is 6.42. The Bertz CT molecular complexity index is 574. The molecule has 2 atom stereocenters. The van der Waals surface area contributed by atoms with Gasteiger partial charge in [-0.05, 0) is 68.6 Å². The molecule has 1 aromatic rings. The molecule has 4 aliphatic carbocycles. The van der Waals surface area contributed by atoms with E-state index >= 15 is 0 Å². The van der Waals surface area contributed by atoms with Crippen molar-refractivity contribution in [1.29, 1.82) is 0 Å². The molecule has 2 N–H and O–H groups in total. The lowest BCUT2D eigenvalue weighted by Crippen LogP contribution is -2.64. The number of nitrogens with one attached hydrogen (secondary N) is 1. The number of rotatable bonds is 4. The van der Waals surface area contributed by atoms with Crippen molar-refractivity contribution in [2.45, 2.75) is 56.2 Å². The summed E-state index contributed by atoms with van der Waals surface area (Å²) in [5.74, 6) is 2.35. The summed E-state index contributed by atoms with van der Waals surface area (Å²) in [5, 5.41) is 14.6. The zero-order chi connectivity index (χ0) is 15.4. The van der Waals surface area contributed by atoms with E-state index in [4.69, 9.17) is 4.74 Å². The van der Waals surface area contributed by atoms with Gasteiger partial charge in [0, 0.05) is 22.1 Å². The van der Waals surface area contributed by atoms with Crippen LogP contribution in [0.5, 0.6) is 5.75 Å². The van der Waals surface area contributed by atoms with E-state index in [0.29, 0.717) is 11.8 Å². The summed E-state index contributed by atoms with van der Waals surface area (Å²) >= 11 is 3.54. The fourth-order valence-electron chi connectivity index (χ4n) is 5.59. The summed E-state index contributed by atoms with van der Waals surface area (Å²) in [7, 11) is 1.72. The van der Waals surface area contributed by atoms with E-state index in [1.807, 2.05) is 12.1 Å². The van der Waals surface area contributed by atoms with Crippen molar-refractivity contribution in [1.82, 2.24) is 5.32 Å². The molecule has 120 valence electrons. The second-order valence-corrected chi connectivity index (χ2v) is 8.69. The predicted octanol–water partition coefficient (Wildman–Crippen LogP) is 3.63. The van der Waals surface area contributed by atoms with Crippen LogP contribution in [-0.2, 0) is 6.54 Å². The molecule has 2 unspecified atom stereocenters. The van der Waals surface area contributed by atoms with E-state index in [2.05, 4.69) is 27.3 Å². The lowest BCUT2D eigenvalue weighted by molar-refractivity contribution is -0.142. The Balaban J connectivity index is 1.53. The molecule has 0 radical (unpaired) electrons. The van der Waals surface area contributed by atoms with Crippen LogP contribution in [0.15, 0.2) is 22.7 Å². The lowest BCUT2D eigenvalue weighted by Gasteiger charge is -2.60. The summed E-state index contributed by atoms with van der Waals surface area (Å²) < 4.78 is 6.56. The number of hydrogen-bond donors (Lipinski definition) is 2. The summed E-state index contributed by atoms with van der Waals surface area (Å²) in [6.07, 6.45) is 6.74. The van der Waals surface area contributed by atoms with Gasteiger partial charge in [0.25, 0.3) is 0 Å². The van der Waals surface area contributed by atoms with E-state index in [0.717, 1.165) is 36.0 Å². The highest BCUT2D eigenvalue weighted by Gasteiger charge is 2.56. The van der Waals surface area contributed by atoms with Gasteiger partial charge in [0.2, 0.25) is 0 Å². The van der Waals surface area contributed by atoms with Crippen LogP contribution in [0.3, 0.4) is 0 Å². The number of methoxy groups -OCH3 is 1. The fourth-order valence-corrected chi connectivity index (χ4v) is 6.00. The van der Waals surface area contributed by atoms with Gasteiger partial charge < -0.3 is 15.2 Å². The van der Waals surface area contributed by atoms with Crippen LogP contribution >= 0.6 is 15.9 Å². The number of ether oxygens (including phenoxy) is 1. The first-order valence-corrected chi connectivity index (χ1v) is 9.08. The van der Waals surface area contributed by atoms with E-state index in [1.54, 1.807) is 7.11 Å². The molecule has 4 heteroatoms. The molecule has 4 bridgehead atoms. The van der Waals surface area contributed by atoms with Gasteiger partial charge in [0.1, 0.15) is 5.75 Å². The normalized spacial score (nSPS) is 39.2. The largest absolute Gasteiger partial charge is 0.496 e. The average molecular weight is 366 g/mol. The van der Waals surface area contributed by atoms with Gasteiger partial charge in [-0.15, -0.1) is 0 Å². The summed E-state index contributed by atoms with van der Waals surface area (Å²) in [6.45, 7) is 0.804. The molecule has 0 aromatic heterocycles. The predicted molar refractivity (Wildman–Crippen MR) is 89.9 cm³/mol. The molecule has 4 saturated carbocycles. The number of aliphatic hydroxyl groups is 1. The van der Waals surface area contributed by atoms with E-state index in [-0.39, 0.29) is 5.54 Å². The van der Waals surface area contributed by atoms with Crippen molar-refractivity contribution in [3.8, 4) is 5.75 Å². The molecule has 3 nitrogen and oxygen atoms in total. The molecular weight excluding hydrogens is 342 g/mol. The molecule has 4 fully saturated rings. The second-order valence-electron chi connectivity index (χ2n) is 7.78. The summed E-state index contributed by atoms with van der Waals surface area (Å²) in [4.78, 5) is 0. The van der Waals surface area contributed by atoms with E-state index < -0.39 is 5.60 Å². The quantitative estimate of drug-likeness (QED) is 0.855. The number of halogens is 1. The zero-order valence-electron chi connectivity index (χ0n) is 13.1. The number of benzene rings is 1. The summed E-state index contributed by atoms with van der Waals surface area (Å²) in [5.41, 5.74) is 0.907. The zero-order valence-corrected chi connectivity index (χ0v) is 14.7. The van der Waals surface area contributed by atoms with Crippen molar-refractivity contribution in [3.63, 3.8) is 0 Å². The van der Waals surface area contributed by atoms with Crippen LogP contribution in [-0.4, -0.2) is 23.4 Å². The Labute approximate surface area is 140 Å². The van der Waals surface area contributed by atoms with Gasteiger partial charge in [-0.25, -0.2) is 0 Å². The maximum absolute atomic E-state index is 10.8. The maximum atomic E-state index is 10.8. The molecule has 0 amide bonds. The SMILES string of the molecule is COc1ccc(Br)cc1CNC12CC3CC(CC(O)(C3)C1)C2. The van der Waals surface area contributed by atoms with Crippen molar-refractivity contribution in [2.75, 3.05) is 7.11 Å². The molecular formula is C18H24BrNO2. The maximum Gasteiger partial charge on any atom is 0.123 e. The van der Waals surface area contributed by atoms with Crippen LogP contribution in [0.2, 0.25) is 0 Å². The van der Waals surface area contributed by atoms with Crippen LogP contribution in [0, 0.1) is 11.8 Å².